The summed E-state index contributed by atoms with van der Waals surface area (Å²) < 4.78 is 0. The lowest BCUT2D eigenvalue weighted by molar-refractivity contribution is -0.125. The standard InChI is InChI=1S/C17H27N3O.2ClH/c1-12(16(18)14-7-5-4-6-8-14)17(21)19-11-15(20(2)3)13-9-10-13;;/h4-8,12-13,15-16H,9-11,18H2,1-3H3,(H,19,21);2*1H. The Bertz CT molecular complexity index is 464. The van der Waals surface area contributed by atoms with Gasteiger partial charge >= 0.3 is 0 Å². The molecule has 1 fully saturated rings. The Morgan fingerprint density at radius 3 is 2.30 bits per heavy atom. The third-order valence-corrected chi connectivity index (χ3v) is 4.45. The number of rotatable bonds is 7. The molecule has 1 aliphatic rings. The Balaban J connectivity index is 0.00000242. The molecule has 3 N–H and O–H groups in total. The summed E-state index contributed by atoms with van der Waals surface area (Å²) in [5.74, 6) is 0.548. The molecule has 2 rings (SSSR count). The van der Waals surface area contributed by atoms with Crippen LogP contribution in [0.2, 0.25) is 0 Å². The second-order valence-electron chi connectivity index (χ2n) is 6.34. The van der Waals surface area contributed by atoms with Gasteiger partial charge in [-0.05, 0) is 38.4 Å². The predicted molar refractivity (Wildman–Crippen MR) is 100 cm³/mol. The van der Waals surface area contributed by atoms with Crippen LogP contribution < -0.4 is 11.1 Å². The van der Waals surface area contributed by atoms with Crippen molar-refractivity contribution in [2.24, 2.45) is 17.6 Å². The molecular formula is C17H29Cl2N3O. The van der Waals surface area contributed by atoms with Gasteiger partial charge in [0.05, 0.1) is 5.92 Å². The van der Waals surface area contributed by atoms with Crippen LogP contribution in [0.3, 0.4) is 0 Å². The van der Waals surface area contributed by atoms with Gasteiger partial charge in [-0.25, -0.2) is 0 Å². The van der Waals surface area contributed by atoms with E-state index >= 15 is 0 Å². The van der Waals surface area contributed by atoms with Crippen molar-refractivity contribution < 1.29 is 4.79 Å². The fourth-order valence-electron chi connectivity index (χ4n) is 2.75. The average molecular weight is 362 g/mol. The van der Waals surface area contributed by atoms with E-state index in [4.69, 9.17) is 5.73 Å². The summed E-state index contributed by atoms with van der Waals surface area (Å²) in [6.07, 6.45) is 2.55. The van der Waals surface area contributed by atoms with Crippen LogP contribution in [0.1, 0.15) is 31.4 Å². The molecule has 0 aromatic heterocycles. The van der Waals surface area contributed by atoms with Crippen LogP contribution in [0.4, 0.5) is 0 Å². The number of halogens is 2. The maximum Gasteiger partial charge on any atom is 0.224 e. The van der Waals surface area contributed by atoms with E-state index in [1.54, 1.807) is 0 Å². The zero-order valence-electron chi connectivity index (χ0n) is 14.1. The van der Waals surface area contributed by atoms with Crippen molar-refractivity contribution >= 4 is 30.7 Å². The van der Waals surface area contributed by atoms with Crippen molar-refractivity contribution in [3.05, 3.63) is 35.9 Å². The Kier molecular flexibility index (Phi) is 9.78. The van der Waals surface area contributed by atoms with Crippen molar-refractivity contribution in [1.82, 2.24) is 10.2 Å². The normalized spacial score (nSPS) is 17.4. The highest BCUT2D eigenvalue weighted by atomic mass is 35.5. The molecule has 0 radical (unpaired) electrons. The summed E-state index contributed by atoms with van der Waals surface area (Å²) >= 11 is 0. The molecule has 4 nitrogen and oxygen atoms in total. The van der Waals surface area contributed by atoms with Crippen LogP contribution in [-0.4, -0.2) is 37.5 Å². The number of nitrogens with zero attached hydrogens (tertiary/aromatic N) is 1. The fraction of sp³-hybridized carbons (Fsp3) is 0.588. The van der Waals surface area contributed by atoms with E-state index in [0.717, 1.165) is 11.5 Å². The molecule has 0 heterocycles. The van der Waals surface area contributed by atoms with E-state index in [9.17, 15) is 4.79 Å². The van der Waals surface area contributed by atoms with Gasteiger partial charge in [-0.15, -0.1) is 24.8 Å². The van der Waals surface area contributed by atoms with E-state index < -0.39 is 0 Å². The second kappa shape index (κ2) is 10.1. The van der Waals surface area contributed by atoms with Crippen molar-refractivity contribution in [2.45, 2.75) is 31.8 Å². The Morgan fingerprint density at radius 1 is 1.26 bits per heavy atom. The number of hydrogen-bond donors (Lipinski definition) is 2. The molecule has 23 heavy (non-hydrogen) atoms. The average Bonchev–Trinajstić information content (AvgIpc) is 3.31. The SMILES string of the molecule is CC(C(=O)NCC(C1CC1)N(C)C)C(N)c1ccccc1.Cl.Cl. The highest BCUT2D eigenvalue weighted by Gasteiger charge is 2.33. The Hall–Kier alpha value is -0.810. The lowest BCUT2D eigenvalue weighted by Gasteiger charge is -2.26. The molecule has 6 heteroatoms. The molecule has 1 aliphatic carbocycles. The first-order valence-corrected chi connectivity index (χ1v) is 7.75. The molecule has 1 aromatic rings. The molecule has 1 aromatic carbocycles. The summed E-state index contributed by atoms with van der Waals surface area (Å²) in [6, 6.07) is 9.99. The minimum atomic E-state index is -0.259. The first-order valence-electron chi connectivity index (χ1n) is 7.75. The van der Waals surface area contributed by atoms with Crippen LogP contribution in [0.25, 0.3) is 0 Å². The van der Waals surface area contributed by atoms with Crippen molar-refractivity contribution in [1.29, 1.82) is 0 Å². The lowest BCUT2D eigenvalue weighted by Crippen LogP contribution is -2.44. The fourth-order valence-corrected chi connectivity index (χ4v) is 2.75. The number of benzene rings is 1. The van der Waals surface area contributed by atoms with E-state index in [-0.39, 0.29) is 42.7 Å². The molecule has 3 unspecified atom stereocenters. The molecule has 132 valence electrons. The summed E-state index contributed by atoms with van der Waals surface area (Å²) in [6.45, 7) is 2.61. The van der Waals surface area contributed by atoms with Crippen LogP contribution in [0.15, 0.2) is 30.3 Å². The van der Waals surface area contributed by atoms with Crippen molar-refractivity contribution in [3.63, 3.8) is 0 Å². The van der Waals surface area contributed by atoms with E-state index in [2.05, 4.69) is 24.3 Å². The summed E-state index contributed by atoms with van der Waals surface area (Å²) in [5.41, 5.74) is 7.21. The van der Waals surface area contributed by atoms with E-state index in [0.29, 0.717) is 12.6 Å². The predicted octanol–water partition coefficient (Wildman–Crippen LogP) is 2.62. The zero-order valence-corrected chi connectivity index (χ0v) is 15.7. The Labute approximate surface area is 152 Å². The first kappa shape index (κ1) is 22.2. The number of carbonyl (C=O) groups excluding carboxylic acids is 1. The minimum absolute atomic E-state index is 0. The van der Waals surface area contributed by atoms with Gasteiger partial charge in [0.25, 0.3) is 0 Å². The molecule has 3 atom stereocenters. The van der Waals surface area contributed by atoms with Crippen LogP contribution in [-0.2, 0) is 4.79 Å². The Morgan fingerprint density at radius 2 is 1.83 bits per heavy atom. The summed E-state index contributed by atoms with van der Waals surface area (Å²) in [5, 5.41) is 3.08. The smallest absolute Gasteiger partial charge is 0.224 e. The molecule has 0 aliphatic heterocycles. The van der Waals surface area contributed by atoms with Crippen molar-refractivity contribution in [3.8, 4) is 0 Å². The van der Waals surface area contributed by atoms with Crippen LogP contribution >= 0.6 is 24.8 Å². The zero-order chi connectivity index (χ0) is 15.4. The molecule has 0 spiro atoms. The van der Waals surface area contributed by atoms with Gasteiger partial charge < -0.3 is 16.0 Å². The van der Waals surface area contributed by atoms with Gasteiger partial charge in [0.1, 0.15) is 0 Å². The second-order valence-corrected chi connectivity index (χ2v) is 6.34. The molecule has 1 saturated carbocycles. The van der Waals surface area contributed by atoms with Gasteiger partial charge in [-0.1, -0.05) is 37.3 Å². The maximum absolute atomic E-state index is 12.3. The van der Waals surface area contributed by atoms with E-state index in [1.807, 2.05) is 37.3 Å². The molecule has 0 bridgehead atoms. The summed E-state index contributed by atoms with van der Waals surface area (Å²) in [7, 11) is 4.16. The third-order valence-electron chi connectivity index (χ3n) is 4.45. The highest BCUT2D eigenvalue weighted by Crippen LogP contribution is 2.34. The molecular weight excluding hydrogens is 333 g/mol. The minimum Gasteiger partial charge on any atom is -0.354 e. The van der Waals surface area contributed by atoms with Crippen LogP contribution in [0, 0.1) is 11.8 Å². The van der Waals surface area contributed by atoms with Crippen molar-refractivity contribution in [2.75, 3.05) is 20.6 Å². The van der Waals surface area contributed by atoms with Gasteiger partial charge in [0, 0.05) is 18.6 Å². The lowest BCUT2D eigenvalue weighted by atomic mass is 9.94. The number of likely N-dealkylation sites (N-methyl/N-ethyl adjacent to an activating group) is 1. The quantitative estimate of drug-likeness (QED) is 0.784. The van der Waals surface area contributed by atoms with Gasteiger partial charge in [0.2, 0.25) is 5.91 Å². The van der Waals surface area contributed by atoms with Gasteiger partial charge in [-0.2, -0.15) is 0 Å². The van der Waals surface area contributed by atoms with Crippen LogP contribution in [0.5, 0.6) is 0 Å². The highest BCUT2D eigenvalue weighted by molar-refractivity contribution is 5.85. The number of hydrogen-bond acceptors (Lipinski definition) is 3. The monoisotopic (exact) mass is 361 g/mol. The molecule has 0 saturated heterocycles. The first-order chi connectivity index (χ1) is 10.0. The number of nitrogens with one attached hydrogen (secondary N) is 1. The maximum atomic E-state index is 12.3. The molecule has 1 amide bonds. The number of amides is 1. The van der Waals surface area contributed by atoms with Gasteiger partial charge in [-0.3, -0.25) is 4.79 Å². The number of carbonyl (C=O) groups is 1. The third kappa shape index (κ3) is 6.30. The summed E-state index contributed by atoms with van der Waals surface area (Å²) in [4.78, 5) is 14.5. The van der Waals surface area contributed by atoms with Gasteiger partial charge in [0.15, 0.2) is 0 Å². The largest absolute Gasteiger partial charge is 0.354 e. The van der Waals surface area contributed by atoms with E-state index in [1.165, 1.54) is 12.8 Å². The topological polar surface area (TPSA) is 58.4 Å². The number of nitrogens with two attached hydrogens (primary N) is 1.